The van der Waals surface area contributed by atoms with Gasteiger partial charge in [-0.25, -0.2) is 0 Å². The second-order valence-electron chi connectivity index (χ2n) is 4.26. The van der Waals surface area contributed by atoms with Gasteiger partial charge in [0.25, 0.3) is 0 Å². The van der Waals surface area contributed by atoms with Gasteiger partial charge in [-0.15, -0.1) is 0 Å². The first-order valence-corrected chi connectivity index (χ1v) is 6.31. The van der Waals surface area contributed by atoms with Gasteiger partial charge in [0.2, 0.25) is 0 Å². The molecule has 1 aromatic rings. The minimum absolute atomic E-state index is 0.770. The van der Waals surface area contributed by atoms with Crippen LogP contribution in [0.1, 0.15) is 12.5 Å². The van der Waals surface area contributed by atoms with Crippen molar-refractivity contribution >= 4 is 0 Å². The lowest BCUT2D eigenvalue weighted by Gasteiger charge is -2.14. The third-order valence-corrected chi connectivity index (χ3v) is 2.99. The Morgan fingerprint density at radius 1 is 1.17 bits per heavy atom. The summed E-state index contributed by atoms with van der Waals surface area (Å²) in [6.07, 6.45) is 0. The molecule has 102 valence electrons. The van der Waals surface area contributed by atoms with Gasteiger partial charge in [-0.3, -0.25) is 0 Å². The van der Waals surface area contributed by atoms with Gasteiger partial charge in [0.1, 0.15) is 0 Å². The van der Waals surface area contributed by atoms with Crippen LogP contribution in [0.2, 0.25) is 0 Å². The lowest BCUT2D eigenvalue weighted by molar-refractivity contribution is 0.347. The van der Waals surface area contributed by atoms with Gasteiger partial charge in [0.15, 0.2) is 11.5 Å². The van der Waals surface area contributed by atoms with Crippen molar-refractivity contribution in [2.24, 2.45) is 0 Å². The second kappa shape index (κ2) is 7.95. The Hall–Kier alpha value is -1.26. The van der Waals surface area contributed by atoms with Crippen molar-refractivity contribution in [1.29, 1.82) is 0 Å². The molecule has 0 unspecified atom stereocenters. The van der Waals surface area contributed by atoms with E-state index in [0.29, 0.717) is 0 Å². The second-order valence-corrected chi connectivity index (χ2v) is 4.26. The first kappa shape index (κ1) is 14.8. The molecular formula is C14H24N2O2. The summed E-state index contributed by atoms with van der Waals surface area (Å²) >= 11 is 0. The number of ether oxygens (including phenoxy) is 2. The van der Waals surface area contributed by atoms with Crippen LogP contribution in [0.25, 0.3) is 0 Å². The van der Waals surface area contributed by atoms with Crippen molar-refractivity contribution in [3.63, 3.8) is 0 Å². The minimum Gasteiger partial charge on any atom is -0.493 e. The van der Waals surface area contributed by atoms with Crippen LogP contribution < -0.4 is 14.8 Å². The standard InChI is InChI=1S/C14H24N2O2/c1-5-16(2)9-8-15-11-12-6-7-13(17-3)14(10-12)18-4/h6-7,10,15H,5,8-9,11H2,1-4H3. The minimum atomic E-state index is 0.770. The predicted molar refractivity (Wildman–Crippen MR) is 74.4 cm³/mol. The Bertz CT molecular complexity index is 356. The van der Waals surface area contributed by atoms with Gasteiger partial charge in [-0.1, -0.05) is 13.0 Å². The molecule has 0 aliphatic heterocycles. The lowest BCUT2D eigenvalue weighted by Crippen LogP contribution is -2.28. The fourth-order valence-electron chi connectivity index (χ4n) is 1.65. The molecule has 0 saturated heterocycles. The van der Waals surface area contributed by atoms with Crippen LogP contribution >= 0.6 is 0 Å². The fraction of sp³-hybridized carbons (Fsp3) is 0.571. The SMILES string of the molecule is CCN(C)CCNCc1ccc(OC)c(OC)c1. The van der Waals surface area contributed by atoms with Gasteiger partial charge in [0, 0.05) is 19.6 Å². The van der Waals surface area contributed by atoms with E-state index < -0.39 is 0 Å². The first-order chi connectivity index (χ1) is 8.71. The van der Waals surface area contributed by atoms with E-state index in [2.05, 4.69) is 30.3 Å². The van der Waals surface area contributed by atoms with E-state index in [4.69, 9.17) is 9.47 Å². The quantitative estimate of drug-likeness (QED) is 0.715. The Balaban J connectivity index is 2.43. The highest BCUT2D eigenvalue weighted by atomic mass is 16.5. The summed E-state index contributed by atoms with van der Waals surface area (Å²) in [6, 6.07) is 6.00. The lowest BCUT2D eigenvalue weighted by atomic mass is 10.2. The molecule has 0 amide bonds. The van der Waals surface area contributed by atoms with E-state index in [1.54, 1.807) is 14.2 Å². The normalized spacial score (nSPS) is 10.7. The van der Waals surface area contributed by atoms with E-state index in [1.165, 1.54) is 5.56 Å². The van der Waals surface area contributed by atoms with Gasteiger partial charge in [0.05, 0.1) is 14.2 Å². The predicted octanol–water partition coefficient (Wildman–Crippen LogP) is 1.75. The molecule has 0 saturated carbocycles. The van der Waals surface area contributed by atoms with E-state index >= 15 is 0 Å². The van der Waals surface area contributed by atoms with E-state index in [1.807, 2.05) is 12.1 Å². The molecule has 1 aromatic carbocycles. The number of methoxy groups -OCH3 is 2. The van der Waals surface area contributed by atoms with Crippen LogP contribution in [0.5, 0.6) is 11.5 Å². The molecule has 0 bridgehead atoms. The highest BCUT2D eigenvalue weighted by Gasteiger charge is 2.04. The van der Waals surface area contributed by atoms with Crippen molar-refractivity contribution in [3.8, 4) is 11.5 Å². The molecule has 0 aromatic heterocycles. The van der Waals surface area contributed by atoms with Gasteiger partial charge < -0.3 is 19.7 Å². The van der Waals surface area contributed by atoms with Gasteiger partial charge in [-0.2, -0.15) is 0 Å². The summed E-state index contributed by atoms with van der Waals surface area (Å²) in [5.74, 6) is 1.55. The maximum Gasteiger partial charge on any atom is 0.161 e. The molecular weight excluding hydrogens is 228 g/mol. The number of likely N-dealkylation sites (N-methyl/N-ethyl adjacent to an activating group) is 1. The monoisotopic (exact) mass is 252 g/mol. The van der Waals surface area contributed by atoms with Gasteiger partial charge in [-0.05, 0) is 31.3 Å². The van der Waals surface area contributed by atoms with Crippen LogP contribution in [0.3, 0.4) is 0 Å². The van der Waals surface area contributed by atoms with Crippen LogP contribution in [0.15, 0.2) is 18.2 Å². The molecule has 1 N–H and O–H groups in total. The third-order valence-electron chi connectivity index (χ3n) is 2.99. The Kier molecular flexibility index (Phi) is 6.54. The Labute approximate surface area is 110 Å². The molecule has 0 aliphatic carbocycles. The molecule has 4 nitrogen and oxygen atoms in total. The number of nitrogens with zero attached hydrogens (tertiary/aromatic N) is 1. The summed E-state index contributed by atoms with van der Waals surface area (Å²) in [5.41, 5.74) is 1.20. The number of rotatable bonds is 8. The zero-order chi connectivity index (χ0) is 13.4. The van der Waals surface area contributed by atoms with Crippen LogP contribution in [0, 0.1) is 0 Å². The first-order valence-electron chi connectivity index (χ1n) is 6.31. The average molecular weight is 252 g/mol. The zero-order valence-electron chi connectivity index (χ0n) is 11.8. The average Bonchev–Trinajstić information content (AvgIpc) is 2.42. The molecule has 0 heterocycles. The summed E-state index contributed by atoms with van der Waals surface area (Å²) in [7, 11) is 5.43. The van der Waals surface area contributed by atoms with E-state index in [0.717, 1.165) is 37.7 Å². The number of nitrogens with one attached hydrogen (secondary N) is 1. The maximum atomic E-state index is 5.28. The number of hydrogen-bond acceptors (Lipinski definition) is 4. The Morgan fingerprint density at radius 2 is 1.89 bits per heavy atom. The third kappa shape index (κ3) is 4.55. The van der Waals surface area contributed by atoms with Crippen molar-refractivity contribution in [1.82, 2.24) is 10.2 Å². The summed E-state index contributed by atoms with van der Waals surface area (Å²) in [4.78, 5) is 2.28. The number of benzene rings is 1. The topological polar surface area (TPSA) is 33.7 Å². The summed E-state index contributed by atoms with van der Waals surface area (Å²) < 4.78 is 10.5. The summed E-state index contributed by atoms with van der Waals surface area (Å²) in [5, 5.41) is 3.42. The summed E-state index contributed by atoms with van der Waals surface area (Å²) in [6.45, 7) is 6.13. The highest BCUT2D eigenvalue weighted by molar-refractivity contribution is 5.42. The Morgan fingerprint density at radius 3 is 2.50 bits per heavy atom. The molecule has 18 heavy (non-hydrogen) atoms. The van der Waals surface area contributed by atoms with Crippen LogP contribution in [-0.2, 0) is 6.54 Å². The smallest absolute Gasteiger partial charge is 0.161 e. The number of hydrogen-bond donors (Lipinski definition) is 1. The van der Waals surface area contributed by atoms with Crippen molar-refractivity contribution in [2.75, 3.05) is 40.9 Å². The van der Waals surface area contributed by atoms with E-state index in [9.17, 15) is 0 Å². The van der Waals surface area contributed by atoms with Crippen molar-refractivity contribution in [3.05, 3.63) is 23.8 Å². The maximum absolute atomic E-state index is 5.28. The molecule has 0 spiro atoms. The van der Waals surface area contributed by atoms with Crippen molar-refractivity contribution in [2.45, 2.75) is 13.5 Å². The highest BCUT2D eigenvalue weighted by Crippen LogP contribution is 2.27. The molecule has 1 rings (SSSR count). The molecule has 0 radical (unpaired) electrons. The fourth-order valence-corrected chi connectivity index (χ4v) is 1.65. The molecule has 4 heteroatoms. The largest absolute Gasteiger partial charge is 0.493 e. The van der Waals surface area contributed by atoms with Crippen LogP contribution in [-0.4, -0.2) is 45.8 Å². The van der Waals surface area contributed by atoms with E-state index in [-0.39, 0.29) is 0 Å². The molecule has 0 fully saturated rings. The molecule has 0 atom stereocenters. The molecule has 0 aliphatic rings. The van der Waals surface area contributed by atoms with Gasteiger partial charge >= 0.3 is 0 Å². The van der Waals surface area contributed by atoms with Crippen molar-refractivity contribution < 1.29 is 9.47 Å². The van der Waals surface area contributed by atoms with Crippen LogP contribution in [0.4, 0.5) is 0 Å². The zero-order valence-corrected chi connectivity index (χ0v) is 11.8.